The highest BCUT2D eigenvalue weighted by Crippen LogP contribution is 2.26. The van der Waals surface area contributed by atoms with Gasteiger partial charge in [-0.2, -0.15) is 0 Å². The van der Waals surface area contributed by atoms with Crippen molar-refractivity contribution >= 4 is 6.09 Å². The van der Waals surface area contributed by atoms with Gasteiger partial charge in [0.05, 0.1) is 0 Å². The van der Waals surface area contributed by atoms with E-state index >= 15 is 0 Å². The van der Waals surface area contributed by atoms with Gasteiger partial charge in [0.15, 0.2) is 0 Å². The zero-order chi connectivity index (χ0) is 16.9. The summed E-state index contributed by atoms with van der Waals surface area (Å²) in [4.78, 5) is 13.9. The Morgan fingerprint density at radius 2 is 1.77 bits per heavy atom. The Bertz CT molecular complexity index is 501. The van der Waals surface area contributed by atoms with Gasteiger partial charge in [-0.1, -0.05) is 45.9 Å². The first-order chi connectivity index (χ1) is 10.2. The largest absolute Gasteiger partial charge is 0.444 e. The molecule has 0 unspecified atom stereocenters. The van der Waals surface area contributed by atoms with Crippen molar-refractivity contribution in [2.24, 2.45) is 5.92 Å². The number of fused-ring (bicyclic) bond motifs is 1. The van der Waals surface area contributed by atoms with Crippen LogP contribution in [0, 0.1) is 5.92 Å². The molecular weight excluding hydrogens is 274 g/mol. The summed E-state index contributed by atoms with van der Waals surface area (Å²) in [6, 6.07) is 6.56. The number of amides is 1. The molecule has 0 spiro atoms. The lowest BCUT2D eigenvalue weighted by Gasteiger charge is -2.24. The number of benzene rings is 1. The Labute approximate surface area is 135 Å². The molecule has 124 valence electrons. The molecule has 0 radical (unpaired) electrons. The van der Waals surface area contributed by atoms with Crippen molar-refractivity contribution in [1.82, 2.24) is 4.90 Å². The van der Waals surface area contributed by atoms with Gasteiger partial charge in [0.25, 0.3) is 0 Å². The molecule has 2 rings (SSSR count). The van der Waals surface area contributed by atoms with Gasteiger partial charge in [0, 0.05) is 13.1 Å². The molecule has 0 fully saturated rings. The van der Waals surface area contributed by atoms with Crippen molar-refractivity contribution < 1.29 is 9.53 Å². The lowest BCUT2D eigenvalue weighted by Crippen LogP contribution is -2.33. The molecule has 0 N–H and O–H groups in total. The van der Waals surface area contributed by atoms with E-state index in [1.807, 2.05) is 34.6 Å². The molecule has 1 aromatic rings. The predicted molar refractivity (Wildman–Crippen MR) is 91.8 cm³/mol. The fourth-order valence-electron chi connectivity index (χ4n) is 2.50. The number of carbonyl (C=O) groups excluding carboxylic acids is 1. The van der Waals surface area contributed by atoms with Crippen LogP contribution >= 0.6 is 0 Å². The van der Waals surface area contributed by atoms with Crippen LogP contribution in [-0.2, 0) is 24.2 Å². The van der Waals surface area contributed by atoms with E-state index in [9.17, 15) is 4.79 Å². The van der Waals surface area contributed by atoms with E-state index in [2.05, 4.69) is 32.0 Å². The fraction of sp³-hybridized carbons (Fsp3) is 0.632. The molecule has 1 amide bonds. The summed E-state index contributed by atoms with van der Waals surface area (Å²) in [5.41, 5.74) is 3.41. The molecule has 1 aromatic carbocycles. The van der Waals surface area contributed by atoms with Crippen LogP contribution in [0.5, 0.6) is 0 Å². The highest BCUT2D eigenvalue weighted by atomic mass is 16.6. The van der Waals surface area contributed by atoms with Crippen molar-refractivity contribution in [2.75, 3.05) is 0 Å². The number of hydrogen-bond acceptors (Lipinski definition) is 2. The Kier molecular flexibility index (Phi) is 6.46. The first-order valence-corrected chi connectivity index (χ1v) is 8.33. The molecule has 0 atom stereocenters. The molecule has 1 aliphatic heterocycles. The Hall–Kier alpha value is -1.51. The van der Waals surface area contributed by atoms with Gasteiger partial charge in [-0.05, 0) is 49.8 Å². The highest BCUT2D eigenvalue weighted by Gasteiger charge is 2.27. The number of hydrogen-bond donors (Lipinski definition) is 0. The minimum Gasteiger partial charge on any atom is -0.444 e. The van der Waals surface area contributed by atoms with Crippen LogP contribution < -0.4 is 0 Å². The zero-order valence-corrected chi connectivity index (χ0v) is 15.2. The van der Waals surface area contributed by atoms with E-state index in [4.69, 9.17) is 4.74 Å². The average molecular weight is 305 g/mol. The highest BCUT2D eigenvalue weighted by molar-refractivity contribution is 5.69. The van der Waals surface area contributed by atoms with E-state index in [1.165, 1.54) is 16.7 Å². The van der Waals surface area contributed by atoms with Gasteiger partial charge in [-0.25, -0.2) is 4.79 Å². The van der Waals surface area contributed by atoms with Gasteiger partial charge in [0.2, 0.25) is 0 Å². The van der Waals surface area contributed by atoms with Crippen LogP contribution in [0.15, 0.2) is 18.2 Å². The van der Waals surface area contributed by atoms with Crippen molar-refractivity contribution in [2.45, 2.75) is 73.6 Å². The Balaban J connectivity index is 0.00000116. The fourth-order valence-corrected chi connectivity index (χ4v) is 2.50. The third-order valence-corrected chi connectivity index (χ3v) is 3.29. The van der Waals surface area contributed by atoms with Crippen molar-refractivity contribution in [3.8, 4) is 0 Å². The second-order valence-electron chi connectivity index (χ2n) is 7.04. The van der Waals surface area contributed by atoms with Crippen LogP contribution in [0.4, 0.5) is 4.79 Å². The third kappa shape index (κ3) is 5.36. The Morgan fingerprint density at radius 3 is 2.32 bits per heavy atom. The summed E-state index contributed by atoms with van der Waals surface area (Å²) < 4.78 is 5.43. The summed E-state index contributed by atoms with van der Waals surface area (Å²) in [5, 5.41) is 0. The van der Waals surface area contributed by atoms with Crippen molar-refractivity contribution in [1.29, 1.82) is 0 Å². The van der Waals surface area contributed by atoms with Crippen LogP contribution in [0.3, 0.4) is 0 Å². The maximum absolute atomic E-state index is 12.1. The number of nitrogens with zero attached hydrogens (tertiary/aromatic N) is 1. The minimum atomic E-state index is -0.436. The van der Waals surface area contributed by atoms with Crippen molar-refractivity contribution in [3.63, 3.8) is 0 Å². The normalized spacial score (nSPS) is 13.5. The molecule has 3 heteroatoms. The number of ether oxygens (including phenoxy) is 1. The topological polar surface area (TPSA) is 29.5 Å². The van der Waals surface area contributed by atoms with Crippen molar-refractivity contribution in [3.05, 3.63) is 34.9 Å². The van der Waals surface area contributed by atoms with E-state index in [0.29, 0.717) is 19.0 Å². The molecule has 0 aromatic heterocycles. The van der Waals surface area contributed by atoms with Gasteiger partial charge in [0.1, 0.15) is 5.60 Å². The summed E-state index contributed by atoms with van der Waals surface area (Å²) in [6.45, 7) is 15.5. The first kappa shape index (κ1) is 18.5. The maximum atomic E-state index is 12.1. The molecule has 1 heterocycles. The van der Waals surface area contributed by atoms with E-state index in [1.54, 1.807) is 4.90 Å². The van der Waals surface area contributed by atoms with Crippen LogP contribution in [0.25, 0.3) is 0 Å². The molecular formula is C19H31NO2. The second kappa shape index (κ2) is 7.66. The molecule has 0 saturated heterocycles. The van der Waals surface area contributed by atoms with Gasteiger partial charge >= 0.3 is 6.09 Å². The van der Waals surface area contributed by atoms with Crippen LogP contribution in [-0.4, -0.2) is 16.6 Å². The van der Waals surface area contributed by atoms with E-state index in [0.717, 1.165) is 6.42 Å². The maximum Gasteiger partial charge on any atom is 0.410 e. The molecule has 1 aliphatic rings. The van der Waals surface area contributed by atoms with Gasteiger partial charge < -0.3 is 4.74 Å². The minimum absolute atomic E-state index is 0.223. The summed E-state index contributed by atoms with van der Waals surface area (Å²) >= 11 is 0. The van der Waals surface area contributed by atoms with Gasteiger partial charge in [-0.15, -0.1) is 0 Å². The molecule has 0 bridgehead atoms. The van der Waals surface area contributed by atoms with E-state index < -0.39 is 5.60 Å². The predicted octanol–water partition coefficient (Wildman–Crippen LogP) is 5.16. The summed E-state index contributed by atoms with van der Waals surface area (Å²) in [6.07, 6.45) is 0.860. The smallest absolute Gasteiger partial charge is 0.410 e. The first-order valence-electron chi connectivity index (χ1n) is 8.33. The number of rotatable bonds is 2. The molecule has 0 aliphatic carbocycles. The molecule has 0 saturated carbocycles. The third-order valence-electron chi connectivity index (χ3n) is 3.29. The van der Waals surface area contributed by atoms with Crippen LogP contribution in [0.2, 0.25) is 0 Å². The Morgan fingerprint density at radius 1 is 1.18 bits per heavy atom. The summed E-state index contributed by atoms with van der Waals surface area (Å²) in [5.74, 6) is 0.649. The second-order valence-corrected chi connectivity index (χ2v) is 7.04. The van der Waals surface area contributed by atoms with E-state index in [-0.39, 0.29) is 6.09 Å². The molecule has 22 heavy (non-hydrogen) atoms. The SMILES string of the molecule is CC.CC(C)Cc1ccc2c(c1)CN(C(=O)OC(C)(C)C)C2. The van der Waals surface area contributed by atoms with Crippen LogP contribution in [0.1, 0.15) is 65.2 Å². The summed E-state index contributed by atoms with van der Waals surface area (Å²) in [7, 11) is 0. The average Bonchev–Trinajstić information content (AvgIpc) is 2.81. The number of carbonyl (C=O) groups is 1. The monoisotopic (exact) mass is 305 g/mol. The lowest BCUT2D eigenvalue weighted by atomic mass is 9.99. The zero-order valence-electron chi connectivity index (χ0n) is 15.2. The quantitative estimate of drug-likeness (QED) is 0.755. The molecule has 3 nitrogen and oxygen atoms in total. The van der Waals surface area contributed by atoms with Gasteiger partial charge in [-0.3, -0.25) is 4.90 Å². The standard InChI is InChI=1S/C17H25NO2.C2H6/c1-12(2)8-13-6-7-14-10-18(11-15(14)9-13)16(19)20-17(3,4)5;1-2/h6-7,9,12H,8,10-11H2,1-5H3;1-2H3. The lowest BCUT2D eigenvalue weighted by molar-refractivity contribution is 0.0242.